The SMILES string of the molecule is Cc1ccc(S(=O)(=O)N(CC(=O)N(Cc2ccc(Cl)cc2)C(C)C(=O)NC2CCCCC2)c2cccc(Br)c2)cc1. The number of hydrogen-bond donors (Lipinski definition) is 1. The second-order valence-electron chi connectivity index (χ2n) is 10.5. The molecule has 0 aromatic heterocycles. The Balaban J connectivity index is 1.67. The van der Waals surface area contributed by atoms with Crippen LogP contribution in [-0.4, -0.2) is 43.8 Å². The topological polar surface area (TPSA) is 86.8 Å². The van der Waals surface area contributed by atoms with Gasteiger partial charge in [0.25, 0.3) is 10.0 Å². The lowest BCUT2D eigenvalue weighted by molar-refractivity contribution is -0.139. The molecule has 4 rings (SSSR count). The number of aryl methyl sites for hydroxylation is 1. The number of hydrogen-bond acceptors (Lipinski definition) is 4. The van der Waals surface area contributed by atoms with Crippen molar-refractivity contribution >= 4 is 55.1 Å². The standard InChI is InChI=1S/C31H35BrClN3O4S/c1-22-11-17-29(18-12-22)41(39,40)36(28-10-6-7-25(32)19-28)21-30(37)35(20-24-13-15-26(33)16-14-24)23(2)31(38)34-27-8-4-3-5-9-27/h6-7,10-19,23,27H,3-5,8-9,20-21H2,1-2H3,(H,34,38). The average Bonchev–Trinajstić information content (AvgIpc) is 2.95. The fraction of sp³-hybridized carbons (Fsp3) is 0.355. The Morgan fingerprint density at radius 2 is 1.66 bits per heavy atom. The van der Waals surface area contributed by atoms with Gasteiger partial charge in [-0.2, -0.15) is 0 Å². The third-order valence-electron chi connectivity index (χ3n) is 7.37. The predicted octanol–water partition coefficient (Wildman–Crippen LogP) is 6.47. The first-order valence-corrected chi connectivity index (χ1v) is 16.3. The van der Waals surface area contributed by atoms with Crippen molar-refractivity contribution < 1.29 is 18.0 Å². The van der Waals surface area contributed by atoms with Gasteiger partial charge in [0.2, 0.25) is 11.8 Å². The van der Waals surface area contributed by atoms with Gasteiger partial charge in [-0.05, 0) is 74.7 Å². The molecule has 0 saturated heterocycles. The second-order valence-corrected chi connectivity index (χ2v) is 13.7. The van der Waals surface area contributed by atoms with Crippen molar-refractivity contribution in [3.8, 4) is 0 Å². The van der Waals surface area contributed by atoms with Crippen LogP contribution in [0.3, 0.4) is 0 Å². The molecule has 1 aliphatic rings. The molecule has 1 N–H and O–H groups in total. The van der Waals surface area contributed by atoms with E-state index in [0.29, 0.717) is 15.2 Å². The second kappa shape index (κ2) is 13.9. The van der Waals surface area contributed by atoms with Crippen LogP contribution in [0.5, 0.6) is 0 Å². The lowest BCUT2D eigenvalue weighted by Crippen LogP contribution is -2.53. The van der Waals surface area contributed by atoms with Crippen LogP contribution in [0.25, 0.3) is 0 Å². The number of nitrogens with zero attached hydrogens (tertiary/aromatic N) is 2. The van der Waals surface area contributed by atoms with E-state index in [1.807, 2.05) is 6.92 Å². The van der Waals surface area contributed by atoms with Gasteiger partial charge in [0.05, 0.1) is 10.6 Å². The molecule has 0 aliphatic heterocycles. The maximum atomic E-state index is 14.1. The Labute approximate surface area is 256 Å². The summed E-state index contributed by atoms with van der Waals surface area (Å²) in [5.41, 5.74) is 2.02. The molecule has 3 aromatic rings. The van der Waals surface area contributed by atoms with Crippen LogP contribution in [0.15, 0.2) is 82.2 Å². The van der Waals surface area contributed by atoms with E-state index < -0.39 is 28.5 Å². The summed E-state index contributed by atoms with van der Waals surface area (Å²) in [4.78, 5) is 29.0. The molecule has 1 atom stereocenters. The fourth-order valence-corrected chi connectivity index (χ4v) is 6.85. The molecule has 0 bridgehead atoms. The summed E-state index contributed by atoms with van der Waals surface area (Å²) in [5, 5.41) is 3.67. The molecule has 3 aromatic carbocycles. The van der Waals surface area contributed by atoms with Gasteiger partial charge >= 0.3 is 0 Å². The zero-order valence-electron chi connectivity index (χ0n) is 23.2. The number of rotatable bonds is 10. The Kier molecular flexibility index (Phi) is 10.5. The summed E-state index contributed by atoms with van der Waals surface area (Å²) in [6.07, 6.45) is 5.10. The van der Waals surface area contributed by atoms with E-state index in [-0.39, 0.29) is 23.4 Å². The molecule has 1 unspecified atom stereocenters. The van der Waals surface area contributed by atoms with Crippen molar-refractivity contribution in [2.45, 2.75) is 69.5 Å². The van der Waals surface area contributed by atoms with Crippen molar-refractivity contribution in [1.82, 2.24) is 10.2 Å². The number of benzene rings is 3. The van der Waals surface area contributed by atoms with Crippen molar-refractivity contribution in [1.29, 1.82) is 0 Å². The smallest absolute Gasteiger partial charge is 0.264 e. The molecule has 10 heteroatoms. The molecule has 0 radical (unpaired) electrons. The average molecular weight is 661 g/mol. The van der Waals surface area contributed by atoms with Crippen molar-refractivity contribution in [3.05, 3.63) is 93.4 Å². The van der Waals surface area contributed by atoms with Crippen molar-refractivity contribution in [2.24, 2.45) is 0 Å². The van der Waals surface area contributed by atoms with Crippen LogP contribution in [0.2, 0.25) is 5.02 Å². The minimum absolute atomic E-state index is 0.0724. The van der Waals surface area contributed by atoms with Gasteiger partial charge in [-0.15, -0.1) is 0 Å². The van der Waals surface area contributed by atoms with E-state index in [1.54, 1.807) is 67.6 Å². The minimum Gasteiger partial charge on any atom is -0.352 e. The minimum atomic E-state index is -4.12. The highest BCUT2D eigenvalue weighted by Gasteiger charge is 2.33. The molecular weight excluding hydrogens is 626 g/mol. The highest BCUT2D eigenvalue weighted by Crippen LogP contribution is 2.27. The maximum absolute atomic E-state index is 14.1. The highest BCUT2D eigenvalue weighted by molar-refractivity contribution is 9.10. The number of amides is 2. The Morgan fingerprint density at radius 3 is 2.29 bits per heavy atom. The van der Waals surface area contributed by atoms with Gasteiger partial charge in [0.15, 0.2) is 0 Å². The molecular formula is C31H35BrClN3O4S. The molecule has 7 nitrogen and oxygen atoms in total. The third kappa shape index (κ3) is 8.11. The molecule has 0 heterocycles. The summed E-state index contributed by atoms with van der Waals surface area (Å²) in [7, 11) is -4.12. The van der Waals surface area contributed by atoms with Crippen molar-refractivity contribution in [3.63, 3.8) is 0 Å². The summed E-state index contributed by atoms with van der Waals surface area (Å²) < 4.78 is 29.6. The van der Waals surface area contributed by atoms with E-state index in [0.717, 1.165) is 47.5 Å². The van der Waals surface area contributed by atoms with E-state index in [4.69, 9.17) is 11.6 Å². The van der Waals surface area contributed by atoms with Gasteiger partial charge < -0.3 is 10.2 Å². The first-order valence-electron chi connectivity index (χ1n) is 13.7. The summed E-state index contributed by atoms with van der Waals surface area (Å²) in [5.74, 6) is -0.753. The van der Waals surface area contributed by atoms with E-state index in [2.05, 4.69) is 21.2 Å². The summed E-state index contributed by atoms with van der Waals surface area (Å²) >= 11 is 9.49. The molecule has 1 saturated carbocycles. The molecule has 218 valence electrons. The zero-order valence-corrected chi connectivity index (χ0v) is 26.4. The fourth-order valence-electron chi connectivity index (χ4n) is 4.94. The third-order valence-corrected chi connectivity index (χ3v) is 9.90. The lowest BCUT2D eigenvalue weighted by atomic mass is 9.95. The summed E-state index contributed by atoms with van der Waals surface area (Å²) in [6.45, 7) is 3.19. The van der Waals surface area contributed by atoms with Crippen molar-refractivity contribution in [2.75, 3.05) is 10.8 Å². The Bertz CT molecular complexity index is 1460. The van der Waals surface area contributed by atoms with Gasteiger partial charge in [-0.25, -0.2) is 8.42 Å². The molecule has 1 aliphatic carbocycles. The molecule has 1 fully saturated rings. The van der Waals surface area contributed by atoms with Crippen LogP contribution in [0.1, 0.15) is 50.2 Å². The Morgan fingerprint density at radius 1 is 1.00 bits per heavy atom. The quantitative estimate of drug-likeness (QED) is 0.270. The van der Waals surface area contributed by atoms with Crippen LogP contribution in [0, 0.1) is 6.92 Å². The number of sulfonamides is 1. The highest BCUT2D eigenvalue weighted by atomic mass is 79.9. The number of halogens is 2. The van der Waals surface area contributed by atoms with Gasteiger partial charge in [-0.1, -0.05) is 82.7 Å². The number of carbonyl (C=O) groups excluding carboxylic acids is 2. The van der Waals surface area contributed by atoms with Gasteiger partial charge in [0.1, 0.15) is 12.6 Å². The van der Waals surface area contributed by atoms with Crippen LogP contribution in [0.4, 0.5) is 5.69 Å². The van der Waals surface area contributed by atoms with E-state index >= 15 is 0 Å². The number of nitrogens with one attached hydrogen (secondary N) is 1. The molecule has 41 heavy (non-hydrogen) atoms. The van der Waals surface area contributed by atoms with E-state index in [1.165, 1.54) is 17.0 Å². The molecule has 2 amide bonds. The first-order chi connectivity index (χ1) is 19.5. The number of carbonyl (C=O) groups is 2. The normalized spacial score (nSPS) is 14.7. The van der Waals surface area contributed by atoms with Crippen LogP contribution in [-0.2, 0) is 26.2 Å². The van der Waals surface area contributed by atoms with E-state index in [9.17, 15) is 18.0 Å². The van der Waals surface area contributed by atoms with Crippen LogP contribution < -0.4 is 9.62 Å². The predicted molar refractivity (Wildman–Crippen MR) is 166 cm³/mol. The van der Waals surface area contributed by atoms with Gasteiger partial charge in [0, 0.05) is 22.1 Å². The lowest BCUT2D eigenvalue weighted by Gasteiger charge is -2.33. The largest absolute Gasteiger partial charge is 0.352 e. The number of anilines is 1. The monoisotopic (exact) mass is 659 g/mol. The molecule has 0 spiro atoms. The first kappa shape index (κ1) is 31.1. The maximum Gasteiger partial charge on any atom is 0.264 e. The Hall–Kier alpha value is -2.88. The van der Waals surface area contributed by atoms with Crippen LogP contribution >= 0.6 is 27.5 Å². The zero-order chi connectivity index (χ0) is 29.6. The summed E-state index contributed by atoms with van der Waals surface area (Å²) in [6, 6.07) is 19.6. The van der Waals surface area contributed by atoms with Gasteiger partial charge in [-0.3, -0.25) is 13.9 Å².